The quantitative estimate of drug-likeness (QED) is 0.590. The van der Waals surface area contributed by atoms with Crippen molar-refractivity contribution in [1.29, 1.82) is 0 Å². The molecule has 0 aliphatic carbocycles. The molecule has 1 aromatic carbocycles. The Morgan fingerprint density at radius 2 is 2.09 bits per heavy atom. The number of carbonyl (C=O) groups is 1. The molecule has 1 aliphatic heterocycles. The molecule has 0 bridgehead atoms. The molecular weight excluding hydrogens is 411 g/mol. The number of aromatic nitrogens is 1. The monoisotopic (exact) mass is 430 g/mol. The van der Waals surface area contributed by atoms with Crippen LogP contribution >= 0.6 is 30.3 Å². The standard InChI is InChI=1S/C16H19IN2O2S/c1-10-7-12-8-15(16(20)21-2)19(22-17)14(12)9-13(10)11-3-5-18-6-4-11/h7-9,11,18H,3-6H2,1-2H3. The molecule has 1 fully saturated rings. The number of hydrogen-bond donors (Lipinski definition) is 1. The molecule has 0 spiro atoms. The highest BCUT2D eigenvalue weighted by molar-refractivity contribution is 14.2. The fourth-order valence-electron chi connectivity index (χ4n) is 3.26. The number of rotatable bonds is 3. The molecule has 0 saturated carbocycles. The molecule has 1 aliphatic rings. The molecule has 118 valence electrons. The van der Waals surface area contributed by atoms with Crippen LogP contribution in [0.3, 0.4) is 0 Å². The summed E-state index contributed by atoms with van der Waals surface area (Å²) in [6.45, 7) is 4.33. The van der Waals surface area contributed by atoms with Gasteiger partial charge in [-0.25, -0.2) is 4.79 Å². The number of ether oxygens (including phenoxy) is 1. The van der Waals surface area contributed by atoms with Gasteiger partial charge in [-0.2, -0.15) is 0 Å². The van der Waals surface area contributed by atoms with Crippen LogP contribution in [0.2, 0.25) is 0 Å². The van der Waals surface area contributed by atoms with E-state index in [1.165, 1.54) is 40.2 Å². The number of fused-ring (bicyclic) bond motifs is 1. The summed E-state index contributed by atoms with van der Waals surface area (Å²) in [7, 11) is 2.93. The van der Waals surface area contributed by atoms with Gasteiger partial charge in [-0.3, -0.25) is 3.97 Å². The van der Waals surface area contributed by atoms with E-state index in [0.29, 0.717) is 11.6 Å². The second-order valence-corrected chi connectivity index (χ2v) is 7.36. The van der Waals surface area contributed by atoms with Crippen LogP contribution < -0.4 is 5.32 Å². The van der Waals surface area contributed by atoms with Crippen molar-refractivity contribution in [2.75, 3.05) is 20.2 Å². The summed E-state index contributed by atoms with van der Waals surface area (Å²) in [5.41, 5.74) is 4.42. The van der Waals surface area contributed by atoms with E-state index in [-0.39, 0.29) is 5.97 Å². The Hall–Kier alpha value is -0.730. The second-order valence-electron chi connectivity index (χ2n) is 5.68. The largest absolute Gasteiger partial charge is 0.464 e. The van der Waals surface area contributed by atoms with Gasteiger partial charge in [-0.1, -0.05) is 0 Å². The molecule has 1 aromatic heterocycles. The van der Waals surface area contributed by atoms with E-state index in [0.717, 1.165) is 24.0 Å². The molecule has 1 saturated heterocycles. The van der Waals surface area contributed by atoms with Crippen LogP contribution in [0.25, 0.3) is 10.9 Å². The highest BCUT2D eigenvalue weighted by atomic mass is 127. The normalized spacial score (nSPS) is 16.1. The number of carbonyl (C=O) groups excluding carboxylic acids is 1. The van der Waals surface area contributed by atoms with Crippen molar-refractivity contribution in [2.45, 2.75) is 25.7 Å². The first-order valence-corrected chi connectivity index (χ1v) is 10.7. The minimum absolute atomic E-state index is 0.290. The molecule has 2 aromatic rings. The van der Waals surface area contributed by atoms with Crippen LogP contribution in [-0.4, -0.2) is 30.1 Å². The Kier molecular flexibility index (Phi) is 4.99. The van der Waals surface area contributed by atoms with Crippen molar-refractivity contribution in [3.63, 3.8) is 0 Å². The van der Waals surface area contributed by atoms with Crippen LogP contribution in [0.15, 0.2) is 18.2 Å². The molecule has 22 heavy (non-hydrogen) atoms. The summed E-state index contributed by atoms with van der Waals surface area (Å²) in [6, 6.07) is 6.38. The van der Waals surface area contributed by atoms with Crippen molar-refractivity contribution in [1.82, 2.24) is 9.29 Å². The van der Waals surface area contributed by atoms with Crippen LogP contribution in [0, 0.1) is 6.92 Å². The Labute approximate surface area is 146 Å². The minimum Gasteiger partial charge on any atom is -0.464 e. The van der Waals surface area contributed by atoms with Gasteiger partial charge in [0.15, 0.2) is 0 Å². The topological polar surface area (TPSA) is 43.3 Å². The molecule has 4 nitrogen and oxygen atoms in total. The molecule has 3 rings (SSSR count). The fraction of sp³-hybridized carbons (Fsp3) is 0.438. The zero-order valence-electron chi connectivity index (χ0n) is 12.7. The van der Waals surface area contributed by atoms with Crippen LogP contribution in [-0.2, 0) is 4.74 Å². The van der Waals surface area contributed by atoms with Gasteiger partial charge in [0.05, 0.1) is 12.6 Å². The lowest BCUT2D eigenvalue weighted by Crippen LogP contribution is -2.26. The predicted molar refractivity (Wildman–Crippen MR) is 99.9 cm³/mol. The highest BCUT2D eigenvalue weighted by Gasteiger charge is 2.21. The zero-order chi connectivity index (χ0) is 15.7. The maximum absolute atomic E-state index is 12.0. The van der Waals surface area contributed by atoms with Crippen LogP contribution in [0.5, 0.6) is 0 Å². The molecule has 0 unspecified atom stereocenters. The van der Waals surface area contributed by atoms with Gasteiger partial charge in [0.2, 0.25) is 0 Å². The second kappa shape index (κ2) is 6.80. The third-order valence-corrected chi connectivity index (χ3v) is 6.10. The Balaban J connectivity index is 2.12. The summed E-state index contributed by atoms with van der Waals surface area (Å²) in [5, 5.41) is 4.52. The number of methoxy groups -OCH3 is 1. The molecule has 2 heterocycles. The van der Waals surface area contributed by atoms with E-state index in [1.807, 2.05) is 10.0 Å². The summed E-state index contributed by atoms with van der Waals surface area (Å²) in [5.74, 6) is 0.316. The van der Waals surface area contributed by atoms with Crippen LogP contribution in [0.1, 0.15) is 40.4 Å². The van der Waals surface area contributed by atoms with E-state index in [9.17, 15) is 4.79 Å². The Morgan fingerprint density at radius 3 is 2.73 bits per heavy atom. The van der Waals surface area contributed by atoms with Crippen molar-refractivity contribution in [3.05, 3.63) is 35.0 Å². The lowest BCUT2D eigenvalue weighted by molar-refractivity contribution is 0.0594. The average molecular weight is 430 g/mol. The minimum atomic E-state index is -0.290. The maximum atomic E-state index is 12.0. The molecule has 0 atom stereocenters. The molecule has 0 amide bonds. The van der Waals surface area contributed by atoms with Crippen molar-refractivity contribution in [2.24, 2.45) is 0 Å². The van der Waals surface area contributed by atoms with Crippen LogP contribution in [0.4, 0.5) is 0 Å². The Morgan fingerprint density at radius 1 is 1.36 bits per heavy atom. The summed E-state index contributed by atoms with van der Waals surface area (Å²) >= 11 is 2.21. The van der Waals surface area contributed by atoms with Gasteiger partial charge < -0.3 is 10.1 Å². The number of hydrogen-bond acceptors (Lipinski definition) is 4. The Bertz CT molecular complexity index is 708. The first kappa shape index (κ1) is 16.1. The first-order chi connectivity index (χ1) is 10.7. The van der Waals surface area contributed by atoms with E-state index >= 15 is 0 Å². The van der Waals surface area contributed by atoms with Gasteiger partial charge in [-0.05, 0) is 68.1 Å². The van der Waals surface area contributed by atoms with E-state index in [1.54, 1.807) is 0 Å². The van der Waals surface area contributed by atoms with Gasteiger partial charge in [-0.15, -0.1) is 0 Å². The molecule has 0 radical (unpaired) electrons. The van der Waals surface area contributed by atoms with Crippen molar-refractivity contribution in [3.8, 4) is 0 Å². The summed E-state index contributed by atoms with van der Waals surface area (Å²) in [4.78, 5) is 12.0. The van der Waals surface area contributed by atoms with Gasteiger partial charge in [0.1, 0.15) is 5.69 Å². The smallest absolute Gasteiger partial charge is 0.355 e. The van der Waals surface area contributed by atoms with E-state index in [4.69, 9.17) is 4.74 Å². The molecule has 1 N–H and O–H groups in total. The molecule has 6 heteroatoms. The number of piperidine rings is 1. The highest BCUT2D eigenvalue weighted by Crippen LogP contribution is 2.35. The lowest BCUT2D eigenvalue weighted by atomic mass is 9.87. The number of aryl methyl sites for hydroxylation is 1. The lowest BCUT2D eigenvalue weighted by Gasteiger charge is -2.24. The van der Waals surface area contributed by atoms with E-state index in [2.05, 4.69) is 45.6 Å². The third kappa shape index (κ3) is 2.88. The molecular formula is C16H19IN2O2S. The SMILES string of the molecule is COC(=O)c1cc2cc(C)c(C3CCNCC3)cc2n1SI. The number of nitrogens with zero attached hydrogens (tertiary/aromatic N) is 1. The summed E-state index contributed by atoms with van der Waals surface area (Å²) in [6.07, 6.45) is 2.35. The first-order valence-electron chi connectivity index (χ1n) is 7.39. The zero-order valence-corrected chi connectivity index (χ0v) is 15.7. The van der Waals surface area contributed by atoms with Gasteiger partial charge in [0, 0.05) is 35.7 Å². The maximum Gasteiger partial charge on any atom is 0.355 e. The third-order valence-electron chi connectivity index (χ3n) is 4.39. The number of nitrogens with one attached hydrogen (secondary N) is 1. The fourth-order valence-corrected chi connectivity index (χ4v) is 4.96. The van der Waals surface area contributed by atoms with E-state index < -0.39 is 0 Å². The number of halogens is 1. The predicted octanol–water partition coefficient (Wildman–Crippen LogP) is 4.05. The van der Waals surface area contributed by atoms with Gasteiger partial charge >= 0.3 is 5.97 Å². The van der Waals surface area contributed by atoms with Crippen molar-refractivity contribution >= 4 is 47.2 Å². The average Bonchev–Trinajstić information content (AvgIpc) is 2.91. The van der Waals surface area contributed by atoms with Crippen molar-refractivity contribution < 1.29 is 9.53 Å². The van der Waals surface area contributed by atoms with Gasteiger partial charge in [0.25, 0.3) is 0 Å². The summed E-state index contributed by atoms with van der Waals surface area (Å²) < 4.78 is 6.86. The number of esters is 1. The number of benzene rings is 1.